The average molecular weight is 385 g/mol. The van der Waals surface area contributed by atoms with Crippen molar-refractivity contribution in [2.75, 3.05) is 6.26 Å². The van der Waals surface area contributed by atoms with E-state index in [0.29, 0.717) is 5.56 Å². The first-order valence-electron chi connectivity index (χ1n) is 6.48. The highest BCUT2D eigenvalue weighted by Gasteiger charge is 2.22. The number of rotatable bonds is 5. The summed E-state index contributed by atoms with van der Waals surface area (Å²) < 4.78 is 35.9. The summed E-state index contributed by atoms with van der Waals surface area (Å²) in [4.78, 5) is 11.3. The molecule has 2 rings (SSSR count). The molecule has 0 aromatic heterocycles. The molecular weight excluding hydrogens is 371 g/mol. The lowest BCUT2D eigenvalue weighted by atomic mass is 9.93. The topological polar surface area (TPSA) is 51.2 Å². The molecular formula is C16H14BrFO3S. The summed E-state index contributed by atoms with van der Waals surface area (Å²) >= 11 is 3.46. The van der Waals surface area contributed by atoms with Crippen molar-refractivity contribution in [3.63, 3.8) is 0 Å². The Labute approximate surface area is 137 Å². The molecule has 116 valence electrons. The summed E-state index contributed by atoms with van der Waals surface area (Å²) in [7, 11) is -3.27. The summed E-state index contributed by atoms with van der Waals surface area (Å²) in [6, 6.07) is 12.1. The van der Waals surface area contributed by atoms with Gasteiger partial charge >= 0.3 is 0 Å². The summed E-state index contributed by atoms with van der Waals surface area (Å²) in [6.07, 6.45) is 1.92. The van der Waals surface area contributed by atoms with Crippen molar-refractivity contribution in [2.45, 2.75) is 15.6 Å². The predicted octanol–water partition coefficient (Wildman–Crippen LogP) is 3.65. The van der Waals surface area contributed by atoms with Crippen LogP contribution in [0, 0.1) is 5.82 Å². The van der Waals surface area contributed by atoms with Gasteiger partial charge in [0, 0.05) is 6.26 Å². The van der Waals surface area contributed by atoms with E-state index in [0.717, 1.165) is 18.1 Å². The van der Waals surface area contributed by atoms with Gasteiger partial charge in [0.25, 0.3) is 0 Å². The molecule has 0 N–H and O–H groups in total. The molecule has 2 aromatic carbocycles. The van der Waals surface area contributed by atoms with E-state index >= 15 is 0 Å². The van der Waals surface area contributed by atoms with Crippen LogP contribution in [-0.2, 0) is 14.6 Å². The van der Waals surface area contributed by atoms with Gasteiger partial charge in [-0.05, 0) is 35.4 Å². The van der Waals surface area contributed by atoms with E-state index in [1.54, 1.807) is 24.3 Å². The maximum atomic E-state index is 13.0. The number of halogens is 2. The molecule has 0 saturated carbocycles. The van der Waals surface area contributed by atoms with Crippen molar-refractivity contribution >= 4 is 32.1 Å². The highest BCUT2D eigenvalue weighted by Crippen LogP contribution is 2.37. The van der Waals surface area contributed by atoms with Crippen LogP contribution in [0.4, 0.5) is 4.39 Å². The van der Waals surface area contributed by atoms with E-state index in [-0.39, 0.29) is 15.5 Å². The van der Waals surface area contributed by atoms with Gasteiger partial charge in [0.15, 0.2) is 9.84 Å². The van der Waals surface area contributed by atoms with Crippen LogP contribution in [0.5, 0.6) is 0 Å². The van der Waals surface area contributed by atoms with Crippen LogP contribution in [0.2, 0.25) is 0 Å². The Bertz CT molecular complexity index is 755. The van der Waals surface area contributed by atoms with Crippen molar-refractivity contribution < 1.29 is 17.6 Å². The molecule has 0 heterocycles. The van der Waals surface area contributed by atoms with Crippen molar-refractivity contribution in [1.29, 1.82) is 0 Å². The van der Waals surface area contributed by atoms with Gasteiger partial charge in [-0.25, -0.2) is 12.8 Å². The number of aldehydes is 1. The normalized spacial score (nSPS) is 14.3. The van der Waals surface area contributed by atoms with Crippen LogP contribution in [-0.4, -0.2) is 21.0 Å². The van der Waals surface area contributed by atoms with Gasteiger partial charge in [-0.15, -0.1) is 0 Å². The molecule has 0 spiro atoms. The third-order valence-corrected chi connectivity index (χ3v) is 5.57. The second kappa shape index (κ2) is 6.71. The quantitative estimate of drug-likeness (QED) is 0.583. The third kappa shape index (κ3) is 3.81. The lowest BCUT2D eigenvalue weighted by Gasteiger charge is -2.18. The average Bonchev–Trinajstić information content (AvgIpc) is 2.48. The Morgan fingerprint density at radius 2 is 1.50 bits per heavy atom. The van der Waals surface area contributed by atoms with E-state index in [4.69, 9.17) is 0 Å². The minimum Gasteiger partial charge on any atom is -0.303 e. The summed E-state index contributed by atoms with van der Waals surface area (Å²) in [5, 5.41) is 0. The molecule has 6 heteroatoms. The zero-order chi connectivity index (χ0) is 16.3. The lowest BCUT2D eigenvalue weighted by Crippen LogP contribution is -2.08. The van der Waals surface area contributed by atoms with Gasteiger partial charge in [0.2, 0.25) is 0 Å². The van der Waals surface area contributed by atoms with Crippen LogP contribution in [0.25, 0.3) is 0 Å². The van der Waals surface area contributed by atoms with Crippen molar-refractivity contribution in [2.24, 2.45) is 0 Å². The van der Waals surface area contributed by atoms with Crippen LogP contribution in [0.3, 0.4) is 0 Å². The van der Waals surface area contributed by atoms with Gasteiger partial charge in [-0.2, -0.15) is 0 Å². The monoisotopic (exact) mass is 384 g/mol. The Morgan fingerprint density at radius 1 is 1.00 bits per heavy atom. The Morgan fingerprint density at radius 3 is 1.95 bits per heavy atom. The Hall–Kier alpha value is -1.53. The Kier molecular flexibility index (Phi) is 5.13. The molecule has 0 aliphatic carbocycles. The highest BCUT2D eigenvalue weighted by atomic mass is 79.9. The fourth-order valence-corrected chi connectivity index (χ4v) is 3.47. The molecule has 2 atom stereocenters. The Balaban J connectivity index is 2.31. The fraction of sp³-hybridized carbons (Fsp3) is 0.188. The van der Waals surface area contributed by atoms with Crippen molar-refractivity contribution in [3.8, 4) is 0 Å². The lowest BCUT2D eigenvalue weighted by molar-refractivity contribution is -0.109. The van der Waals surface area contributed by atoms with Gasteiger partial charge < -0.3 is 4.79 Å². The molecule has 0 radical (unpaired) electrons. The number of carbonyl (C=O) groups excluding carboxylic acids is 1. The minimum atomic E-state index is -3.27. The summed E-state index contributed by atoms with van der Waals surface area (Å²) in [5.41, 5.74) is 1.46. The fourth-order valence-electron chi connectivity index (χ4n) is 2.11. The molecule has 0 bridgehead atoms. The SMILES string of the molecule is CS(=O)(=O)c1ccc(C(C=O)C(Br)c2ccc(F)cc2)cc1. The molecule has 0 amide bonds. The standard InChI is InChI=1S/C16H14BrFO3S/c1-22(20,21)14-8-4-11(5-9-14)15(10-19)16(17)12-2-6-13(18)7-3-12/h2-10,15-16H,1H3. The van der Waals surface area contributed by atoms with Crippen LogP contribution in [0.1, 0.15) is 21.9 Å². The number of carbonyl (C=O) groups is 1. The first-order chi connectivity index (χ1) is 10.3. The molecule has 0 saturated heterocycles. The highest BCUT2D eigenvalue weighted by molar-refractivity contribution is 9.09. The minimum absolute atomic E-state index is 0.203. The number of hydrogen-bond acceptors (Lipinski definition) is 3. The zero-order valence-corrected chi connectivity index (χ0v) is 14.1. The second-order valence-corrected chi connectivity index (χ2v) is 7.96. The van der Waals surface area contributed by atoms with Crippen LogP contribution in [0.15, 0.2) is 53.4 Å². The maximum Gasteiger partial charge on any atom is 0.175 e. The maximum absolute atomic E-state index is 13.0. The third-order valence-electron chi connectivity index (χ3n) is 3.34. The molecule has 0 fully saturated rings. The molecule has 2 unspecified atom stereocenters. The van der Waals surface area contributed by atoms with E-state index < -0.39 is 15.8 Å². The smallest absolute Gasteiger partial charge is 0.175 e. The van der Waals surface area contributed by atoms with Gasteiger partial charge in [0.1, 0.15) is 12.1 Å². The van der Waals surface area contributed by atoms with E-state index in [1.807, 2.05) is 0 Å². The van der Waals surface area contributed by atoms with E-state index in [1.165, 1.54) is 24.3 Å². The van der Waals surface area contributed by atoms with Gasteiger partial charge in [0.05, 0.1) is 15.6 Å². The number of sulfone groups is 1. The molecule has 2 aromatic rings. The van der Waals surface area contributed by atoms with Gasteiger partial charge in [-0.1, -0.05) is 40.2 Å². The number of hydrogen-bond donors (Lipinski definition) is 0. The molecule has 3 nitrogen and oxygen atoms in total. The molecule has 22 heavy (non-hydrogen) atoms. The number of alkyl halides is 1. The van der Waals surface area contributed by atoms with Crippen LogP contribution < -0.4 is 0 Å². The summed E-state index contributed by atoms with van der Waals surface area (Å²) in [6.45, 7) is 0. The second-order valence-electron chi connectivity index (χ2n) is 4.96. The zero-order valence-electron chi connectivity index (χ0n) is 11.7. The largest absolute Gasteiger partial charge is 0.303 e. The van der Waals surface area contributed by atoms with Crippen LogP contribution >= 0.6 is 15.9 Å². The van der Waals surface area contributed by atoms with Crippen molar-refractivity contribution in [1.82, 2.24) is 0 Å². The molecule has 0 aliphatic heterocycles. The first kappa shape index (κ1) is 16.8. The van der Waals surface area contributed by atoms with E-state index in [2.05, 4.69) is 15.9 Å². The predicted molar refractivity (Wildman–Crippen MR) is 86.4 cm³/mol. The van der Waals surface area contributed by atoms with Gasteiger partial charge in [-0.3, -0.25) is 0 Å². The molecule has 0 aliphatic rings. The first-order valence-corrected chi connectivity index (χ1v) is 9.28. The van der Waals surface area contributed by atoms with E-state index in [9.17, 15) is 17.6 Å². The summed E-state index contributed by atoms with van der Waals surface area (Å²) in [5.74, 6) is -0.845. The number of benzene rings is 2. The van der Waals surface area contributed by atoms with Crippen molar-refractivity contribution in [3.05, 3.63) is 65.5 Å².